The minimum Gasteiger partial charge on any atom is -0.390 e. The first-order valence-electron chi connectivity index (χ1n) is 6.44. The van der Waals surface area contributed by atoms with Crippen LogP contribution in [0.3, 0.4) is 0 Å². The van der Waals surface area contributed by atoms with Crippen LogP contribution in [-0.4, -0.2) is 10.7 Å². The van der Waals surface area contributed by atoms with Gasteiger partial charge in [-0.2, -0.15) is 0 Å². The van der Waals surface area contributed by atoms with E-state index in [1.165, 1.54) is 19.3 Å². The molecule has 0 amide bonds. The minimum atomic E-state index is -0.621. The summed E-state index contributed by atoms with van der Waals surface area (Å²) in [7, 11) is 0. The molecule has 0 radical (unpaired) electrons. The van der Waals surface area contributed by atoms with Crippen LogP contribution < -0.4 is 0 Å². The second-order valence-electron chi connectivity index (χ2n) is 5.77. The summed E-state index contributed by atoms with van der Waals surface area (Å²) in [5, 5.41) is 11.2. The van der Waals surface area contributed by atoms with Gasteiger partial charge in [-0.1, -0.05) is 43.0 Å². The SMILES string of the molecule is Cc1ccc(CC(C)(O)CC2CCC2)c(Cl)c1. The molecule has 1 N–H and O–H groups in total. The summed E-state index contributed by atoms with van der Waals surface area (Å²) in [5.41, 5.74) is 1.60. The van der Waals surface area contributed by atoms with Crippen LogP contribution in [0.25, 0.3) is 0 Å². The first kappa shape index (κ1) is 12.9. The maximum atomic E-state index is 10.4. The molecule has 1 atom stereocenters. The lowest BCUT2D eigenvalue weighted by Crippen LogP contribution is -2.32. The van der Waals surface area contributed by atoms with E-state index in [4.69, 9.17) is 11.6 Å². The molecular formula is C15H21ClO. The topological polar surface area (TPSA) is 20.2 Å². The molecule has 0 bridgehead atoms. The van der Waals surface area contributed by atoms with Crippen molar-refractivity contribution in [1.29, 1.82) is 0 Å². The smallest absolute Gasteiger partial charge is 0.0663 e. The molecule has 2 rings (SSSR count). The molecule has 1 aliphatic carbocycles. The second kappa shape index (κ2) is 4.99. The Morgan fingerprint density at radius 1 is 1.41 bits per heavy atom. The van der Waals surface area contributed by atoms with E-state index >= 15 is 0 Å². The van der Waals surface area contributed by atoms with Gasteiger partial charge in [0, 0.05) is 11.4 Å². The maximum absolute atomic E-state index is 10.4. The molecule has 1 aromatic rings. The summed E-state index contributed by atoms with van der Waals surface area (Å²) in [4.78, 5) is 0. The summed E-state index contributed by atoms with van der Waals surface area (Å²) < 4.78 is 0. The molecule has 1 saturated carbocycles. The highest BCUT2D eigenvalue weighted by atomic mass is 35.5. The average Bonchev–Trinajstić information content (AvgIpc) is 2.17. The second-order valence-corrected chi connectivity index (χ2v) is 6.18. The van der Waals surface area contributed by atoms with Gasteiger partial charge in [0.2, 0.25) is 0 Å². The fraction of sp³-hybridized carbons (Fsp3) is 0.600. The monoisotopic (exact) mass is 252 g/mol. The summed E-state index contributed by atoms with van der Waals surface area (Å²) in [6.07, 6.45) is 5.43. The van der Waals surface area contributed by atoms with E-state index in [1.54, 1.807) is 0 Å². The van der Waals surface area contributed by atoms with Crippen LogP contribution in [0.4, 0.5) is 0 Å². The average molecular weight is 253 g/mol. The molecule has 17 heavy (non-hydrogen) atoms. The molecule has 0 saturated heterocycles. The summed E-state index contributed by atoms with van der Waals surface area (Å²) in [6, 6.07) is 6.06. The molecule has 0 heterocycles. The Labute approximate surface area is 109 Å². The molecule has 0 spiro atoms. The van der Waals surface area contributed by atoms with Crippen molar-refractivity contribution in [2.24, 2.45) is 5.92 Å². The first-order chi connectivity index (χ1) is 7.96. The van der Waals surface area contributed by atoms with Crippen LogP contribution in [0, 0.1) is 12.8 Å². The Hall–Kier alpha value is -0.530. The Kier molecular flexibility index (Phi) is 3.79. The lowest BCUT2D eigenvalue weighted by molar-refractivity contribution is 0.0204. The Bertz CT molecular complexity index is 394. The van der Waals surface area contributed by atoms with E-state index in [0.29, 0.717) is 12.3 Å². The third-order valence-corrected chi connectivity index (χ3v) is 4.08. The highest BCUT2D eigenvalue weighted by molar-refractivity contribution is 6.31. The number of hydrogen-bond donors (Lipinski definition) is 1. The van der Waals surface area contributed by atoms with Crippen LogP contribution in [0.15, 0.2) is 18.2 Å². The van der Waals surface area contributed by atoms with Gasteiger partial charge in [-0.15, -0.1) is 0 Å². The molecule has 1 nitrogen and oxygen atoms in total. The zero-order valence-electron chi connectivity index (χ0n) is 10.7. The van der Waals surface area contributed by atoms with E-state index in [1.807, 2.05) is 26.0 Å². The molecule has 94 valence electrons. The molecule has 0 aliphatic heterocycles. The fourth-order valence-corrected chi connectivity index (χ4v) is 2.90. The third-order valence-electron chi connectivity index (χ3n) is 3.73. The number of aryl methyl sites for hydroxylation is 1. The molecule has 1 aromatic carbocycles. The highest BCUT2D eigenvalue weighted by Gasteiger charge is 2.29. The Morgan fingerprint density at radius 2 is 2.12 bits per heavy atom. The summed E-state index contributed by atoms with van der Waals surface area (Å²) in [5.74, 6) is 0.717. The van der Waals surface area contributed by atoms with E-state index in [2.05, 4.69) is 6.07 Å². The van der Waals surface area contributed by atoms with Crippen molar-refractivity contribution < 1.29 is 5.11 Å². The van der Waals surface area contributed by atoms with Gasteiger partial charge in [0.25, 0.3) is 0 Å². The molecule has 2 heteroatoms. The van der Waals surface area contributed by atoms with Crippen LogP contribution in [-0.2, 0) is 6.42 Å². The Balaban J connectivity index is 2.02. The quantitative estimate of drug-likeness (QED) is 0.854. The van der Waals surface area contributed by atoms with Crippen molar-refractivity contribution in [3.63, 3.8) is 0 Å². The largest absolute Gasteiger partial charge is 0.390 e. The normalized spacial score (nSPS) is 19.8. The van der Waals surface area contributed by atoms with Crippen molar-refractivity contribution in [1.82, 2.24) is 0 Å². The van der Waals surface area contributed by atoms with Crippen molar-refractivity contribution in [3.8, 4) is 0 Å². The highest BCUT2D eigenvalue weighted by Crippen LogP contribution is 2.35. The zero-order valence-corrected chi connectivity index (χ0v) is 11.4. The van der Waals surface area contributed by atoms with Crippen molar-refractivity contribution in [2.75, 3.05) is 0 Å². The lowest BCUT2D eigenvalue weighted by Gasteiger charge is -2.33. The van der Waals surface area contributed by atoms with E-state index in [-0.39, 0.29) is 0 Å². The van der Waals surface area contributed by atoms with Gasteiger partial charge in [0.15, 0.2) is 0 Å². The number of halogens is 1. The molecule has 0 aromatic heterocycles. The first-order valence-corrected chi connectivity index (χ1v) is 6.81. The van der Waals surface area contributed by atoms with E-state index in [0.717, 1.165) is 22.6 Å². The van der Waals surface area contributed by atoms with Gasteiger partial charge in [-0.25, -0.2) is 0 Å². The standard InChI is InChI=1S/C15H21ClO/c1-11-6-7-13(14(16)8-11)10-15(2,17)9-12-4-3-5-12/h6-8,12,17H,3-5,9-10H2,1-2H3. The van der Waals surface area contributed by atoms with Gasteiger partial charge < -0.3 is 5.11 Å². The Morgan fingerprint density at radius 3 is 2.65 bits per heavy atom. The summed E-state index contributed by atoms with van der Waals surface area (Å²) >= 11 is 6.21. The van der Waals surface area contributed by atoms with Gasteiger partial charge in [-0.3, -0.25) is 0 Å². The molecule has 1 unspecified atom stereocenters. The van der Waals surface area contributed by atoms with Crippen LogP contribution >= 0.6 is 11.6 Å². The molecular weight excluding hydrogens is 232 g/mol. The van der Waals surface area contributed by atoms with Crippen molar-refractivity contribution >= 4 is 11.6 Å². The number of aliphatic hydroxyl groups is 1. The van der Waals surface area contributed by atoms with Crippen molar-refractivity contribution in [3.05, 3.63) is 34.3 Å². The summed E-state index contributed by atoms with van der Waals surface area (Å²) in [6.45, 7) is 3.96. The molecule has 1 aliphatic rings. The fourth-order valence-electron chi connectivity index (χ4n) is 2.60. The number of hydrogen-bond acceptors (Lipinski definition) is 1. The lowest BCUT2D eigenvalue weighted by atomic mass is 9.76. The van der Waals surface area contributed by atoms with Gasteiger partial charge in [-0.05, 0) is 43.4 Å². The predicted molar refractivity (Wildman–Crippen MR) is 72.5 cm³/mol. The van der Waals surface area contributed by atoms with Gasteiger partial charge in [0.05, 0.1) is 5.60 Å². The third kappa shape index (κ3) is 3.46. The van der Waals surface area contributed by atoms with Crippen LogP contribution in [0.1, 0.15) is 43.7 Å². The van der Waals surface area contributed by atoms with Crippen molar-refractivity contribution in [2.45, 2.75) is 51.6 Å². The van der Waals surface area contributed by atoms with E-state index in [9.17, 15) is 5.11 Å². The number of rotatable bonds is 4. The van der Waals surface area contributed by atoms with Crippen LogP contribution in [0.5, 0.6) is 0 Å². The number of benzene rings is 1. The van der Waals surface area contributed by atoms with Gasteiger partial charge in [0.1, 0.15) is 0 Å². The van der Waals surface area contributed by atoms with E-state index < -0.39 is 5.60 Å². The van der Waals surface area contributed by atoms with Crippen LogP contribution in [0.2, 0.25) is 5.02 Å². The van der Waals surface area contributed by atoms with Gasteiger partial charge >= 0.3 is 0 Å². The minimum absolute atomic E-state index is 0.621. The zero-order chi connectivity index (χ0) is 12.5. The maximum Gasteiger partial charge on any atom is 0.0663 e. The predicted octanol–water partition coefficient (Wildman–Crippen LogP) is 4.13. The molecule has 1 fully saturated rings.